The first kappa shape index (κ1) is 27.1. The molecule has 0 saturated carbocycles. The number of amides is 1. The maximum Gasteiger partial charge on any atom is 0.268 e. The summed E-state index contributed by atoms with van der Waals surface area (Å²) in [5.41, 5.74) is 5.48. The van der Waals surface area contributed by atoms with Gasteiger partial charge < -0.3 is 4.90 Å². The fourth-order valence-electron chi connectivity index (χ4n) is 4.76. The Hall–Kier alpha value is -3.92. The number of ketones is 1. The van der Waals surface area contributed by atoms with Crippen molar-refractivity contribution in [2.24, 2.45) is 0 Å². The number of carbonyl (C=O) groups excluding carboxylic acids is 2. The molecule has 0 unspecified atom stereocenters. The number of Topliss-reactive ketones (excluding diaryl/α,β-unsaturated/α-hetero) is 1. The fraction of sp³-hybridized carbons (Fsp3) is 0.355. The molecular weight excluding hydrogens is 484 g/mol. The predicted molar refractivity (Wildman–Crippen MR) is 145 cm³/mol. The van der Waals surface area contributed by atoms with E-state index in [1.54, 1.807) is 18.3 Å². The first-order valence-corrected chi connectivity index (χ1v) is 12.7. The summed E-state index contributed by atoms with van der Waals surface area (Å²) in [4.78, 5) is 30.9. The highest BCUT2D eigenvalue weighted by atomic mass is 19.3. The highest BCUT2D eigenvalue weighted by Crippen LogP contribution is 2.32. The highest BCUT2D eigenvalue weighted by molar-refractivity contribution is 6.08. The quantitative estimate of drug-likeness (QED) is 0.267. The number of benzene rings is 2. The Balaban J connectivity index is 1.53. The summed E-state index contributed by atoms with van der Waals surface area (Å²) in [5, 5.41) is 9.80. The zero-order valence-corrected chi connectivity index (χ0v) is 22.1. The van der Waals surface area contributed by atoms with E-state index >= 15 is 0 Å². The van der Waals surface area contributed by atoms with Crippen molar-refractivity contribution >= 4 is 34.2 Å². The van der Waals surface area contributed by atoms with Crippen molar-refractivity contribution in [2.75, 3.05) is 6.54 Å². The minimum Gasteiger partial charge on any atom is -0.320 e. The first-order valence-electron chi connectivity index (χ1n) is 12.7. The van der Waals surface area contributed by atoms with Crippen LogP contribution in [0.25, 0.3) is 22.6 Å². The number of hydrogen-bond donors (Lipinski definition) is 0. The van der Waals surface area contributed by atoms with E-state index < -0.39 is 30.8 Å². The summed E-state index contributed by atoms with van der Waals surface area (Å²) in [7, 11) is 0. The summed E-state index contributed by atoms with van der Waals surface area (Å²) in [5.74, 6) is -3.98. The van der Waals surface area contributed by atoms with Crippen LogP contribution in [0, 0.1) is 11.3 Å². The topological polar surface area (TPSA) is 74.1 Å². The van der Waals surface area contributed by atoms with Crippen LogP contribution in [0.4, 0.5) is 8.78 Å². The smallest absolute Gasteiger partial charge is 0.268 e. The number of halogens is 2. The molecule has 2 aromatic carbocycles. The number of hydrogen-bond acceptors (Lipinski definition) is 4. The van der Waals surface area contributed by atoms with Crippen molar-refractivity contribution in [3.05, 3.63) is 77.0 Å². The summed E-state index contributed by atoms with van der Waals surface area (Å²) in [6.07, 6.45) is 2.54. The second kappa shape index (κ2) is 10.4. The van der Waals surface area contributed by atoms with Gasteiger partial charge in [-0.2, -0.15) is 5.26 Å². The lowest BCUT2D eigenvalue weighted by molar-refractivity contribution is -0.132. The number of nitriles is 1. The van der Waals surface area contributed by atoms with Gasteiger partial charge in [-0.3, -0.25) is 14.6 Å². The molecule has 2 heterocycles. The molecule has 1 aliphatic rings. The molecule has 1 fully saturated rings. The molecule has 0 bridgehead atoms. The van der Waals surface area contributed by atoms with Crippen LogP contribution in [0.1, 0.15) is 74.0 Å². The Morgan fingerprint density at radius 2 is 1.84 bits per heavy atom. The van der Waals surface area contributed by atoms with E-state index in [9.17, 15) is 18.4 Å². The molecule has 4 rings (SSSR count). The third-order valence-corrected chi connectivity index (χ3v) is 6.96. The van der Waals surface area contributed by atoms with Gasteiger partial charge in [0, 0.05) is 36.4 Å². The minimum absolute atomic E-state index is 0.0754. The zero-order chi connectivity index (χ0) is 27.7. The van der Waals surface area contributed by atoms with Crippen molar-refractivity contribution < 1.29 is 18.4 Å². The fourth-order valence-corrected chi connectivity index (χ4v) is 4.76. The second-order valence-electron chi connectivity index (χ2n) is 10.9. The number of rotatable bonds is 6. The van der Waals surface area contributed by atoms with Gasteiger partial charge in [-0.05, 0) is 52.8 Å². The number of allylic oxidation sites excluding steroid dienone is 1. The summed E-state index contributed by atoms with van der Waals surface area (Å²) in [6.45, 7) is 7.78. The Kier molecular flexibility index (Phi) is 7.46. The van der Waals surface area contributed by atoms with Crippen LogP contribution in [-0.2, 0) is 10.2 Å². The van der Waals surface area contributed by atoms with Crippen molar-refractivity contribution in [1.29, 1.82) is 5.26 Å². The highest BCUT2D eigenvalue weighted by Gasteiger charge is 2.47. The van der Waals surface area contributed by atoms with Gasteiger partial charge in [-0.15, -0.1) is 0 Å². The van der Waals surface area contributed by atoms with Gasteiger partial charge in [0.05, 0.1) is 18.1 Å². The summed E-state index contributed by atoms with van der Waals surface area (Å²) in [6, 6.07) is 16.4. The molecule has 196 valence electrons. The molecule has 0 radical (unpaired) electrons. The second-order valence-corrected chi connectivity index (χ2v) is 10.9. The average Bonchev–Trinajstić information content (AvgIpc) is 3.20. The van der Waals surface area contributed by atoms with Crippen molar-refractivity contribution in [1.82, 2.24) is 9.88 Å². The van der Waals surface area contributed by atoms with E-state index in [0.29, 0.717) is 16.5 Å². The molecule has 1 amide bonds. The molecule has 1 aliphatic heterocycles. The van der Waals surface area contributed by atoms with Crippen LogP contribution in [0.3, 0.4) is 0 Å². The number of carbonyl (C=O) groups is 2. The summed E-state index contributed by atoms with van der Waals surface area (Å²) < 4.78 is 27.4. The lowest BCUT2D eigenvalue weighted by Crippen LogP contribution is -2.36. The maximum absolute atomic E-state index is 13.7. The van der Waals surface area contributed by atoms with Crippen LogP contribution in [0.5, 0.6) is 0 Å². The third-order valence-electron chi connectivity index (χ3n) is 6.96. The Morgan fingerprint density at radius 1 is 1.13 bits per heavy atom. The zero-order valence-electron chi connectivity index (χ0n) is 22.1. The van der Waals surface area contributed by atoms with Crippen LogP contribution < -0.4 is 0 Å². The number of fused-ring (bicyclic) bond motifs is 1. The van der Waals surface area contributed by atoms with Crippen LogP contribution in [0.2, 0.25) is 0 Å². The molecule has 5 nitrogen and oxygen atoms in total. The SMILES string of the molecule is C/C(=C\c1ccc2nccc(C(=O)CCC(=O)N3CC(F)(F)C[C@H]3C#N)c2c1)c1ccc(C(C)(C)C)cc1. The largest absolute Gasteiger partial charge is 0.320 e. The molecule has 38 heavy (non-hydrogen) atoms. The lowest BCUT2D eigenvalue weighted by atomic mass is 9.86. The number of alkyl halides is 2. The van der Waals surface area contributed by atoms with Crippen LogP contribution in [-0.4, -0.2) is 40.1 Å². The molecule has 1 atom stereocenters. The molecule has 1 aromatic heterocycles. The molecule has 7 heteroatoms. The van der Waals surface area contributed by atoms with E-state index in [1.807, 2.05) is 31.2 Å². The molecule has 0 N–H and O–H groups in total. The molecular formula is C31H31F2N3O2. The lowest BCUT2D eigenvalue weighted by Gasteiger charge is -2.19. The average molecular weight is 516 g/mol. The molecule has 3 aromatic rings. The molecule has 0 aliphatic carbocycles. The number of nitrogens with zero attached hydrogens (tertiary/aromatic N) is 3. The van der Waals surface area contributed by atoms with Gasteiger partial charge in [-0.1, -0.05) is 57.2 Å². The van der Waals surface area contributed by atoms with Crippen molar-refractivity contribution in [3.63, 3.8) is 0 Å². The third kappa shape index (κ3) is 5.96. The van der Waals surface area contributed by atoms with E-state index in [2.05, 4.69) is 50.0 Å². The van der Waals surface area contributed by atoms with Gasteiger partial charge in [0.2, 0.25) is 5.91 Å². The van der Waals surface area contributed by atoms with Crippen molar-refractivity contribution in [2.45, 2.75) is 64.3 Å². The van der Waals surface area contributed by atoms with E-state index in [-0.39, 0.29) is 24.0 Å². The maximum atomic E-state index is 13.7. The van der Waals surface area contributed by atoms with Crippen molar-refractivity contribution in [3.8, 4) is 6.07 Å². The van der Waals surface area contributed by atoms with Gasteiger partial charge >= 0.3 is 0 Å². The van der Waals surface area contributed by atoms with Crippen LogP contribution >= 0.6 is 0 Å². The van der Waals surface area contributed by atoms with Gasteiger partial charge in [0.1, 0.15) is 6.04 Å². The normalized spacial score (nSPS) is 17.4. The number of aromatic nitrogens is 1. The minimum atomic E-state index is -3.09. The predicted octanol–water partition coefficient (Wildman–Crippen LogP) is 6.82. The van der Waals surface area contributed by atoms with Crippen LogP contribution in [0.15, 0.2) is 54.7 Å². The monoisotopic (exact) mass is 515 g/mol. The Bertz CT molecular complexity index is 1450. The Labute approximate surface area is 221 Å². The van der Waals surface area contributed by atoms with Gasteiger partial charge in [-0.25, -0.2) is 8.78 Å². The number of likely N-dealkylation sites (tertiary alicyclic amines) is 1. The van der Waals surface area contributed by atoms with E-state index in [0.717, 1.165) is 21.6 Å². The van der Waals surface area contributed by atoms with E-state index in [1.165, 1.54) is 5.56 Å². The number of pyridine rings is 1. The van der Waals surface area contributed by atoms with Gasteiger partial charge in [0.25, 0.3) is 5.92 Å². The molecule has 0 spiro atoms. The van der Waals surface area contributed by atoms with E-state index in [4.69, 9.17) is 5.26 Å². The standard InChI is InChI=1S/C31H31F2N3O2/c1-20(22-6-8-23(9-7-22)30(2,3)4)15-21-5-10-27-26(16-21)25(13-14-35-27)28(37)11-12-29(38)36-19-31(32,33)17-24(36)18-34/h5-10,13-16,24H,11-12,17,19H2,1-4H3/b20-15+/t24-/m0/s1. The Morgan fingerprint density at radius 3 is 2.50 bits per heavy atom. The molecule has 1 saturated heterocycles. The first-order chi connectivity index (χ1) is 17.9. The van der Waals surface area contributed by atoms with Gasteiger partial charge in [0.15, 0.2) is 5.78 Å². The summed E-state index contributed by atoms with van der Waals surface area (Å²) >= 11 is 0.